The monoisotopic (exact) mass is 491 g/mol. The van der Waals surface area contributed by atoms with E-state index in [0.717, 1.165) is 15.6 Å². The molecule has 0 saturated carbocycles. The van der Waals surface area contributed by atoms with E-state index in [1.165, 1.54) is 4.90 Å². The second-order valence-corrected chi connectivity index (χ2v) is 8.63. The third kappa shape index (κ3) is 3.82. The minimum Gasteiger partial charge on any atom is -0.507 e. The second-order valence-electron chi connectivity index (χ2n) is 7.72. The van der Waals surface area contributed by atoms with Gasteiger partial charge in [0.25, 0.3) is 11.7 Å². The number of Topliss-reactive ketones (excluding diaryl/α,β-unsaturated/α-hetero) is 1. The predicted octanol–water partition coefficient (Wildman–Crippen LogP) is 5.70. The summed E-state index contributed by atoms with van der Waals surface area (Å²) in [5.41, 5.74) is 3.91. The first-order valence-corrected chi connectivity index (χ1v) is 10.9. The van der Waals surface area contributed by atoms with Crippen LogP contribution in [0.4, 0.5) is 5.69 Å². The van der Waals surface area contributed by atoms with E-state index >= 15 is 0 Å². The summed E-state index contributed by atoms with van der Waals surface area (Å²) < 4.78 is 6.10. The fraction of sp³-hybridized carbons (Fsp3) is 0.154. The summed E-state index contributed by atoms with van der Waals surface area (Å²) in [5, 5.41) is 11.1. The number of halogens is 1. The molecule has 0 aromatic heterocycles. The van der Waals surface area contributed by atoms with Crippen molar-refractivity contribution in [3.8, 4) is 5.75 Å². The number of carbonyl (C=O) groups excluding carboxylic acids is 2. The zero-order valence-electron chi connectivity index (χ0n) is 17.9. The van der Waals surface area contributed by atoms with E-state index in [-0.39, 0.29) is 11.3 Å². The third-order valence-electron chi connectivity index (χ3n) is 5.76. The maximum atomic E-state index is 13.2. The van der Waals surface area contributed by atoms with Crippen molar-refractivity contribution in [2.24, 2.45) is 0 Å². The van der Waals surface area contributed by atoms with E-state index in [2.05, 4.69) is 15.9 Å². The fourth-order valence-electron chi connectivity index (χ4n) is 3.84. The summed E-state index contributed by atoms with van der Waals surface area (Å²) in [7, 11) is 1.57. The molecule has 0 bridgehead atoms. The quantitative estimate of drug-likeness (QED) is 0.288. The number of hydrogen-bond acceptors (Lipinski definition) is 4. The van der Waals surface area contributed by atoms with Crippen molar-refractivity contribution in [1.82, 2.24) is 0 Å². The lowest BCUT2D eigenvalue weighted by molar-refractivity contribution is -0.132. The van der Waals surface area contributed by atoms with Gasteiger partial charge in [0.1, 0.15) is 11.5 Å². The van der Waals surface area contributed by atoms with Gasteiger partial charge in [0.2, 0.25) is 0 Å². The van der Waals surface area contributed by atoms with Gasteiger partial charge < -0.3 is 9.84 Å². The van der Waals surface area contributed by atoms with E-state index in [1.807, 2.05) is 32.0 Å². The summed E-state index contributed by atoms with van der Waals surface area (Å²) >= 11 is 3.38. The fourth-order valence-corrected chi connectivity index (χ4v) is 4.10. The Hall–Kier alpha value is -3.38. The van der Waals surface area contributed by atoms with E-state index in [9.17, 15) is 14.7 Å². The molecule has 32 heavy (non-hydrogen) atoms. The Kier molecular flexibility index (Phi) is 5.89. The first-order valence-electron chi connectivity index (χ1n) is 10.1. The smallest absolute Gasteiger partial charge is 0.300 e. The van der Waals surface area contributed by atoms with Gasteiger partial charge in [-0.2, -0.15) is 0 Å². The molecule has 6 heteroatoms. The Morgan fingerprint density at radius 3 is 2.19 bits per heavy atom. The number of anilines is 1. The number of ketones is 1. The van der Waals surface area contributed by atoms with Crippen molar-refractivity contribution >= 4 is 39.1 Å². The number of hydrogen-bond donors (Lipinski definition) is 1. The standard InChI is InChI=1S/C26H22BrNO4/c1-15-4-11-20(14-16(15)2)28-23(17-7-12-21(32-3)13-8-17)22(25(30)26(28)31)24(29)18-5-9-19(27)10-6-18/h4-14,23,29H,1-3H3/b24-22+. The zero-order valence-corrected chi connectivity index (χ0v) is 19.5. The van der Waals surface area contributed by atoms with Crippen molar-refractivity contribution in [3.63, 3.8) is 0 Å². The number of methoxy groups -OCH3 is 1. The Bertz CT molecular complexity index is 1230. The molecule has 1 heterocycles. The molecular weight excluding hydrogens is 470 g/mol. The maximum absolute atomic E-state index is 13.2. The minimum absolute atomic E-state index is 0.0562. The molecule has 0 aliphatic carbocycles. The van der Waals surface area contributed by atoms with Crippen LogP contribution in [0.2, 0.25) is 0 Å². The van der Waals surface area contributed by atoms with Gasteiger partial charge in [-0.15, -0.1) is 0 Å². The zero-order chi connectivity index (χ0) is 23.0. The Morgan fingerprint density at radius 1 is 0.938 bits per heavy atom. The first-order chi connectivity index (χ1) is 15.3. The highest BCUT2D eigenvalue weighted by atomic mass is 79.9. The van der Waals surface area contributed by atoms with E-state index in [0.29, 0.717) is 22.6 Å². The van der Waals surface area contributed by atoms with Crippen LogP contribution in [-0.2, 0) is 9.59 Å². The number of ether oxygens (including phenoxy) is 1. The van der Waals surface area contributed by atoms with Crippen LogP contribution >= 0.6 is 15.9 Å². The molecule has 0 radical (unpaired) electrons. The molecule has 1 aliphatic rings. The van der Waals surface area contributed by atoms with Crippen molar-refractivity contribution < 1.29 is 19.4 Å². The summed E-state index contributed by atoms with van der Waals surface area (Å²) in [4.78, 5) is 27.9. The molecule has 3 aromatic carbocycles. The van der Waals surface area contributed by atoms with Gasteiger partial charge in [0.05, 0.1) is 18.7 Å². The molecule has 5 nitrogen and oxygen atoms in total. The molecule has 1 fully saturated rings. The molecule has 3 aromatic rings. The van der Waals surface area contributed by atoms with Gasteiger partial charge >= 0.3 is 0 Å². The lowest BCUT2D eigenvalue weighted by Crippen LogP contribution is -2.29. The number of nitrogens with zero attached hydrogens (tertiary/aromatic N) is 1. The van der Waals surface area contributed by atoms with Crippen molar-refractivity contribution in [2.45, 2.75) is 19.9 Å². The number of aliphatic hydroxyl groups excluding tert-OH is 1. The van der Waals surface area contributed by atoms with E-state index in [4.69, 9.17) is 4.74 Å². The maximum Gasteiger partial charge on any atom is 0.300 e. The van der Waals surface area contributed by atoms with Crippen LogP contribution < -0.4 is 9.64 Å². The van der Waals surface area contributed by atoms with Crippen molar-refractivity contribution in [1.29, 1.82) is 0 Å². The van der Waals surface area contributed by atoms with Crippen molar-refractivity contribution in [2.75, 3.05) is 12.0 Å². The van der Waals surface area contributed by atoms with Crippen LogP contribution in [0.5, 0.6) is 5.75 Å². The largest absolute Gasteiger partial charge is 0.507 e. The van der Waals surface area contributed by atoms with Gasteiger partial charge in [-0.1, -0.05) is 46.3 Å². The molecule has 1 N–H and O–H groups in total. The minimum atomic E-state index is -0.772. The first kappa shape index (κ1) is 21.8. The van der Waals surface area contributed by atoms with E-state index < -0.39 is 17.7 Å². The highest BCUT2D eigenvalue weighted by Crippen LogP contribution is 2.42. The summed E-state index contributed by atoms with van der Waals surface area (Å²) in [5.74, 6) is -0.940. The number of rotatable bonds is 4. The third-order valence-corrected chi connectivity index (χ3v) is 6.29. The van der Waals surface area contributed by atoms with Gasteiger partial charge in [-0.05, 0) is 66.9 Å². The summed E-state index contributed by atoms with van der Waals surface area (Å²) in [6.07, 6.45) is 0. The van der Waals surface area contributed by atoms with Crippen LogP contribution in [0.25, 0.3) is 5.76 Å². The van der Waals surface area contributed by atoms with Gasteiger partial charge in [0, 0.05) is 15.7 Å². The summed E-state index contributed by atoms with van der Waals surface area (Å²) in [6, 6.07) is 19.0. The number of aryl methyl sites for hydroxylation is 2. The molecule has 0 spiro atoms. The molecule has 1 amide bonds. The topological polar surface area (TPSA) is 66.8 Å². The van der Waals surface area contributed by atoms with Crippen molar-refractivity contribution in [3.05, 3.63) is 99.0 Å². The molecular formula is C26H22BrNO4. The van der Waals surface area contributed by atoms with E-state index in [1.54, 1.807) is 55.6 Å². The van der Waals surface area contributed by atoms with Crippen LogP contribution in [0.15, 0.2) is 76.8 Å². The summed E-state index contributed by atoms with van der Waals surface area (Å²) in [6.45, 7) is 3.95. The predicted molar refractivity (Wildman–Crippen MR) is 128 cm³/mol. The van der Waals surface area contributed by atoms with Crippen LogP contribution in [0.1, 0.15) is 28.3 Å². The average Bonchev–Trinajstić information content (AvgIpc) is 3.06. The lowest BCUT2D eigenvalue weighted by Gasteiger charge is -2.26. The highest BCUT2D eigenvalue weighted by molar-refractivity contribution is 9.10. The molecule has 162 valence electrons. The Balaban J connectivity index is 1.94. The second kappa shape index (κ2) is 8.63. The normalized spacial score (nSPS) is 17.6. The van der Waals surface area contributed by atoms with Gasteiger partial charge in [-0.3, -0.25) is 14.5 Å². The Morgan fingerprint density at radius 2 is 1.59 bits per heavy atom. The number of benzene rings is 3. The van der Waals surface area contributed by atoms with Gasteiger partial charge in [0.15, 0.2) is 0 Å². The van der Waals surface area contributed by atoms with Crippen LogP contribution in [0, 0.1) is 13.8 Å². The number of carbonyl (C=O) groups is 2. The molecule has 1 atom stereocenters. The molecule has 4 rings (SSSR count). The molecule has 1 saturated heterocycles. The lowest BCUT2D eigenvalue weighted by atomic mass is 9.95. The number of aliphatic hydroxyl groups is 1. The van der Waals surface area contributed by atoms with Gasteiger partial charge in [-0.25, -0.2) is 0 Å². The molecule has 1 aliphatic heterocycles. The Labute approximate surface area is 195 Å². The molecule has 1 unspecified atom stereocenters. The highest BCUT2D eigenvalue weighted by Gasteiger charge is 2.47. The SMILES string of the molecule is COc1ccc(C2/C(=C(\O)c3ccc(Br)cc3)C(=O)C(=O)N2c2ccc(C)c(C)c2)cc1. The van der Waals surface area contributed by atoms with Crippen LogP contribution in [0.3, 0.4) is 0 Å². The van der Waals surface area contributed by atoms with Crippen LogP contribution in [-0.4, -0.2) is 23.9 Å². The number of amides is 1. The average molecular weight is 492 g/mol.